The smallest absolute Gasteiger partial charge is 0.256 e. The number of likely N-dealkylation sites (N-methyl/N-ethyl adjacent to an activating group) is 1. The molecule has 8 heteroatoms. The van der Waals surface area contributed by atoms with Gasteiger partial charge in [-0.3, -0.25) is 19.8 Å². The monoisotopic (exact) mass is 454 g/mol. The van der Waals surface area contributed by atoms with Gasteiger partial charge < -0.3 is 10.1 Å². The Bertz CT molecular complexity index is 1320. The van der Waals surface area contributed by atoms with Crippen LogP contribution in [0.5, 0.6) is 5.75 Å². The molecule has 0 aliphatic carbocycles. The molecule has 0 radical (unpaired) electrons. The second-order valence-corrected chi connectivity index (χ2v) is 8.61. The summed E-state index contributed by atoms with van der Waals surface area (Å²) in [5.41, 5.74) is 2.01. The Kier molecular flexibility index (Phi) is 5.27. The Morgan fingerprint density at radius 1 is 1.15 bits per heavy atom. The third-order valence-corrected chi connectivity index (χ3v) is 6.88. The van der Waals surface area contributed by atoms with Crippen LogP contribution < -0.4 is 10.1 Å². The van der Waals surface area contributed by atoms with Crippen LogP contribution in [-0.4, -0.2) is 35.4 Å². The molecule has 3 aromatic carbocycles. The number of likely N-dealkylation sites (tertiary alicyclic amines) is 1. The van der Waals surface area contributed by atoms with Crippen LogP contribution in [-0.2, 0) is 16.9 Å². The van der Waals surface area contributed by atoms with Crippen LogP contribution in [0.25, 0.3) is 0 Å². The van der Waals surface area contributed by atoms with E-state index in [1.54, 1.807) is 60.5 Å². The van der Waals surface area contributed by atoms with Crippen molar-refractivity contribution in [2.45, 2.75) is 24.1 Å². The lowest BCUT2D eigenvalue weighted by Gasteiger charge is -2.30. The SMILES string of the molecule is CN1C[C@H](c2ccc(OCc3ccccc3C#N)cc2)[C@@H]([N+](=O)[O-])[C@@]12C(=O)Nc1ccccc12. The summed E-state index contributed by atoms with van der Waals surface area (Å²) in [6, 6.07) is 22.6. The first-order valence-corrected chi connectivity index (χ1v) is 10.9. The van der Waals surface area contributed by atoms with Crippen LogP contribution in [0.1, 0.15) is 28.2 Å². The number of nitrogens with zero attached hydrogens (tertiary/aromatic N) is 3. The number of nitro groups is 1. The van der Waals surface area contributed by atoms with Gasteiger partial charge in [0.05, 0.1) is 17.6 Å². The van der Waals surface area contributed by atoms with Gasteiger partial charge in [0.15, 0.2) is 5.54 Å². The molecule has 1 fully saturated rings. The van der Waals surface area contributed by atoms with E-state index in [-0.39, 0.29) is 17.4 Å². The molecule has 1 saturated heterocycles. The summed E-state index contributed by atoms with van der Waals surface area (Å²) in [4.78, 5) is 27.0. The molecule has 5 rings (SSSR count). The first-order valence-electron chi connectivity index (χ1n) is 10.9. The molecule has 1 amide bonds. The Morgan fingerprint density at radius 2 is 1.85 bits per heavy atom. The fourth-order valence-electron chi connectivity index (χ4n) is 5.31. The molecule has 0 aromatic heterocycles. The fourth-order valence-corrected chi connectivity index (χ4v) is 5.31. The highest BCUT2D eigenvalue weighted by molar-refractivity contribution is 6.06. The molecule has 2 heterocycles. The molecule has 0 unspecified atom stereocenters. The fraction of sp³-hybridized carbons (Fsp3) is 0.231. The number of carbonyl (C=O) groups is 1. The molecule has 3 atom stereocenters. The van der Waals surface area contributed by atoms with Crippen molar-refractivity contribution in [1.82, 2.24) is 4.90 Å². The Hall–Kier alpha value is -4.22. The first-order chi connectivity index (χ1) is 16.5. The highest BCUT2D eigenvalue weighted by atomic mass is 16.6. The highest BCUT2D eigenvalue weighted by Crippen LogP contribution is 2.51. The minimum absolute atomic E-state index is 0.243. The molecule has 170 valence electrons. The summed E-state index contributed by atoms with van der Waals surface area (Å²) in [5, 5.41) is 24.5. The third-order valence-electron chi connectivity index (χ3n) is 6.88. The van der Waals surface area contributed by atoms with Crippen molar-refractivity contribution in [3.63, 3.8) is 0 Å². The number of hydrogen-bond donors (Lipinski definition) is 1. The summed E-state index contributed by atoms with van der Waals surface area (Å²) in [6.45, 7) is 0.607. The zero-order valence-electron chi connectivity index (χ0n) is 18.5. The van der Waals surface area contributed by atoms with Gasteiger partial charge in [-0.15, -0.1) is 0 Å². The van der Waals surface area contributed by atoms with Crippen LogP contribution in [0, 0.1) is 21.4 Å². The minimum Gasteiger partial charge on any atom is -0.489 e. The zero-order valence-corrected chi connectivity index (χ0v) is 18.5. The van der Waals surface area contributed by atoms with Crippen molar-refractivity contribution < 1.29 is 14.5 Å². The van der Waals surface area contributed by atoms with E-state index in [2.05, 4.69) is 11.4 Å². The molecule has 2 aliphatic heterocycles. The maximum absolute atomic E-state index is 13.2. The number of benzene rings is 3. The molecule has 0 saturated carbocycles. The molecule has 1 spiro atoms. The van der Waals surface area contributed by atoms with Gasteiger partial charge in [0.2, 0.25) is 0 Å². The molecular weight excluding hydrogens is 432 g/mol. The van der Waals surface area contributed by atoms with Crippen LogP contribution in [0.3, 0.4) is 0 Å². The van der Waals surface area contributed by atoms with Crippen LogP contribution in [0.15, 0.2) is 72.8 Å². The quantitative estimate of drug-likeness (QED) is 0.466. The van der Waals surface area contributed by atoms with E-state index in [1.807, 2.05) is 24.3 Å². The van der Waals surface area contributed by atoms with Crippen molar-refractivity contribution in [1.29, 1.82) is 5.26 Å². The number of anilines is 1. The number of nitriles is 1. The largest absolute Gasteiger partial charge is 0.489 e. The van der Waals surface area contributed by atoms with Gasteiger partial charge in [-0.1, -0.05) is 48.5 Å². The van der Waals surface area contributed by atoms with Gasteiger partial charge in [-0.25, -0.2) is 0 Å². The second-order valence-electron chi connectivity index (χ2n) is 8.61. The lowest BCUT2D eigenvalue weighted by Crippen LogP contribution is -2.54. The number of para-hydroxylation sites is 1. The number of ether oxygens (including phenoxy) is 1. The molecule has 2 aliphatic rings. The predicted octanol–water partition coefficient (Wildman–Crippen LogP) is 3.66. The van der Waals surface area contributed by atoms with Crippen LogP contribution in [0.2, 0.25) is 0 Å². The normalized spacial score (nSPS) is 23.4. The summed E-state index contributed by atoms with van der Waals surface area (Å²) in [6.07, 6.45) is 0. The molecule has 1 N–H and O–H groups in total. The number of fused-ring (bicyclic) bond motifs is 2. The van der Waals surface area contributed by atoms with Gasteiger partial charge in [-0.2, -0.15) is 5.26 Å². The number of amides is 1. The van der Waals surface area contributed by atoms with Crippen molar-refractivity contribution >= 4 is 11.6 Å². The number of nitrogens with one attached hydrogen (secondary N) is 1. The van der Waals surface area contributed by atoms with Gasteiger partial charge in [0.25, 0.3) is 11.9 Å². The van der Waals surface area contributed by atoms with Crippen molar-refractivity contribution in [2.75, 3.05) is 18.9 Å². The van der Waals surface area contributed by atoms with Gasteiger partial charge >= 0.3 is 0 Å². The average molecular weight is 454 g/mol. The summed E-state index contributed by atoms with van der Waals surface area (Å²) in [5.74, 6) is -0.249. The first kappa shape index (κ1) is 21.6. The van der Waals surface area contributed by atoms with Gasteiger partial charge in [0.1, 0.15) is 12.4 Å². The van der Waals surface area contributed by atoms with Crippen LogP contribution >= 0.6 is 0 Å². The van der Waals surface area contributed by atoms with E-state index in [0.717, 1.165) is 11.1 Å². The van der Waals surface area contributed by atoms with E-state index in [9.17, 15) is 20.2 Å². The van der Waals surface area contributed by atoms with E-state index in [0.29, 0.717) is 29.1 Å². The zero-order chi connectivity index (χ0) is 23.9. The topological polar surface area (TPSA) is 108 Å². The Balaban J connectivity index is 1.43. The Labute approximate surface area is 196 Å². The molecule has 0 bridgehead atoms. The third kappa shape index (κ3) is 3.21. The highest BCUT2D eigenvalue weighted by Gasteiger charge is 2.68. The lowest BCUT2D eigenvalue weighted by molar-refractivity contribution is -0.534. The number of carbonyl (C=O) groups excluding carboxylic acids is 1. The summed E-state index contributed by atoms with van der Waals surface area (Å²) in [7, 11) is 1.77. The summed E-state index contributed by atoms with van der Waals surface area (Å²) >= 11 is 0. The average Bonchev–Trinajstić information content (AvgIpc) is 3.33. The molecule has 3 aromatic rings. The Morgan fingerprint density at radius 3 is 2.59 bits per heavy atom. The van der Waals surface area contributed by atoms with Gasteiger partial charge in [0, 0.05) is 28.3 Å². The van der Waals surface area contributed by atoms with E-state index in [1.165, 1.54) is 0 Å². The molecule has 34 heavy (non-hydrogen) atoms. The van der Waals surface area contributed by atoms with Crippen molar-refractivity contribution in [3.8, 4) is 11.8 Å². The predicted molar refractivity (Wildman–Crippen MR) is 125 cm³/mol. The van der Waals surface area contributed by atoms with Crippen molar-refractivity contribution in [3.05, 3.63) is 105 Å². The molecular formula is C26H22N4O4. The number of hydrogen-bond acceptors (Lipinski definition) is 6. The second kappa shape index (κ2) is 8.28. The van der Waals surface area contributed by atoms with Crippen molar-refractivity contribution in [2.24, 2.45) is 0 Å². The van der Waals surface area contributed by atoms with E-state index >= 15 is 0 Å². The standard InChI is InChI=1S/C26H22N4O4/c1-29-15-21(24(30(32)33)26(29)22-8-4-5-9-23(22)28-25(26)31)17-10-12-20(13-11-17)34-16-19-7-3-2-6-18(19)14-27/h2-13,21,24H,15-16H2,1H3,(H,28,31)/t21-,24-,26+/m1/s1. The van der Waals surface area contributed by atoms with Crippen LogP contribution in [0.4, 0.5) is 5.69 Å². The number of rotatable bonds is 5. The van der Waals surface area contributed by atoms with E-state index < -0.39 is 17.5 Å². The summed E-state index contributed by atoms with van der Waals surface area (Å²) < 4.78 is 5.84. The van der Waals surface area contributed by atoms with E-state index in [4.69, 9.17) is 4.74 Å². The minimum atomic E-state index is -1.36. The maximum atomic E-state index is 13.2. The lowest BCUT2D eigenvalue weighted by atomic mass is 9.79. The van der Waals surface area contributed by atoms with Gasteiger partial charge in [-0.05, 0) is 36.9 Å². The maximum Gasteiger partial charge on any atom is 0.256 e. The molecule has 8 nitrogen and oxygen atoms in total.